The van der Waals surface area contributed by atoms with Gasteiger partial charge >= 0.3 is 112 Å². The zero-order valence-corrected chi connectivity index (χ0v) is 15.8. The molecule has 0 rings (SSSR count). The first kappa shape index (κ1) is 21.7. The Bertz CT molecular complexity index is 252. The summed E-state index contributed by atoms with van der Waals surface area (Å²) in [6.07, 6.45) is -2.29. The van der Waals surface area contributed by atoms with Crippen molar-refractivity contribution in [2.75, 3.05) is 0 Å². The predicted octanol–water partition coefficient (Wildman–Crippen LogP) is -1.56. The van der Waals surface area contributed by atoms with Crippen molar-refractivity contribution in [3.63, 3.8) is 0 Å². The maximum Gasteiger partial charge on any atom is 2.00 e. The van der Waals surface area contributed by atoms with Gasteiger partial charge in [0.15, 0.2) is 5.60 Å². The fraction of sp³-hybridized carbons (Fsp3) is 0.500. The number of carboxylic acids is 3. The number of rotatable bonds is 5. The van der Waals surface area contributed by atoms with E-state index in [-0.39, 0.29) is 100 Å². The fourth-order valence-corrected chi connectivity index (χ4v) is 0.714. The second-order valence-corrected chi connectivity index (χ2v) is 2.48. The summed E-state index contributed by atoms with van der Waals surface area (Å²) in [4.78, 5) is 30.5. The van der Waals surface area contributed by atoms with Gasteiger partial charge in [-0.2, -0.15) is 0 Å². The van der Waals surface area contributed by atoms with E-state index >= 15 is 0 Å². The van der Waals surface area contributed by atoms with E-state index in [4.69, 9.17) is 20.4 Å². The Labute approximate surface area is 168 Å². The number of hydrogen-bond acceptors (Lipinski definition) is 4. The molecule has 0 fully saturated rings. The Hall–Kier alpha value is 1.42. The van der Waals surface area contributed by atoms with E-state index in [0.29, 0.717) is 0 Å². The summed E-state index contributed by atoms with van der Waals surface area (Å²) in [6.45, 7) is 0. The van der Waals surface area contributed by atoms with E-state index in [1.807, 2.05) is 0 Å². The SMILES string of the molecule is O=C(O)CC(O)(CC(=O)O)C(=O)O.[Ba+2].[H-].[H-].[H-].[H-].[Sr+2]. The Balaban J connectivity index is -0.0000000480. The molecule has 0 aliphatic rings. The van der Waals surface area contributed by atoms with Gasteiger partial charge in [0.25, 0.3) is 0 Å². The van der Waals surface area contributed by atoms with Crippen molar-refractivity contribution in [2.24, 2.45) is 0 Å². The molecule has 0 amide bonds. The molecule has 0 aliphatic carbocycles. The average molecular weight is 421 g/mol. The van der Waals surface area contributed by atoms with Crippen LogP contribution in [0, 0.1) is 0 Å². The van der Waals surface area contributed by atoms with Gasteiger partial charge in [-0.05, 0) is 0 Å². The smallest absolute Gasteiger partial charge is 1.00 e. The first-order valence-corrected chi connectivity index (χ1v) is 3.17. The van der Waals surface area contributed by atoms with Gasteiger partial charge in [0.2, 0.25) is 0 Å². The van der Waals surface area contributed by atoms with Crippen molar-refractivity contribution >= 4 is 112 Å². The zero-order chi connectivity index (χ0) is 10.6. The maximum absolute atomic E-state index is 10.3. The summed E-state index contributed by atoms with van der Waals surface area (Å²) in [7, 11) is 0. The van der Waals surface area contributed by atoms with Gasteiger partial charge in [-0.3, -0.25) is 9.59 Å². The minimum Gasteiger partial charge on any atom is -1.00 e. The molecule has 0 aromatic carbocycles. The molecule has 0 bridgehead atoms. The summed E-state index contributed by atoms with van der Waals surface area (Å²) in [5.41, 5.74) is -2.74. The molecule has 0 saturated carbocycles. The van der Waals surface area contributed by atoms with Gasteiger partial charge in [0, 0.05) is 0 Å². The van der Waals surface area contributed by atoms with E-state index in [1.54, 1.807) is 0 Å². The number of aliphatic hydroxyl groups is 1. The molecule has 0 radical (unpaired) electrons. The van der Waals surface area contributed by atoms with Crippen molar-refractivity contribution in [3.05, 3.63) is 0 Å². The molecule has 0 aromatic rings. The van der Waals surface area contributed by atoms with Gasteiger partial charge in [0.05, 0.1) is 12.8 Å². The third-order valence-corrected chi connectivity index (χ3v) is 1.29. The second-order valence-electron chi connectivity index (χ2n) is 2.48. The molecule has 4 N–H and O–H groups in total. The van der Waals surface area contributed by atoms with E-state index in [0.717, 1.165) is 0 Å². The quantitative estimate of drug-likeness (QED) is 0.395. The van der Waals surface area contributed by atoms with Gasteiger partial charge < -0.3 is 26.1 Å². The minimum atomic E-state index is -2.74. The summed E-state index contributed by atoms with van der Waals surface area (Å²) in [5.74, 6) is -5.02. The van der Waals surface area contributed by atoms with Gasteiger partial charge in [-0.15, -0.1) is 0 Å². The Kier molecular flexibility index (Phi) is 13.7. The molecular weight excluding hydrogens is 409 g/mol. The van der Waals surface area contributed by atoms with E-state index in [1.165, 1.54) is 0 Å². The second kappa shape index (κ2) is 9.45. The molecule has 0 heterocycles. The molecule has 82 valence electrons. The molecular formula is C6H12BaO7Sr. The summed E-state index contributed by atoms with van der Waals surface area (Å²) < 4.78 is 0. The number of aliphatic carboxylic acids is 3. The molecule has 0 aromatic heterocycles. The number of carboxylic acid groups (broad SMARTS) is 3. The van der Waals surface area contributed by atoms with Gasteiger partial charge in [-0.1, -0.05) is 0 Å². The summed E-state index contributed by atoms with van der Waals surface area (Å²) in [6, 6.07) is 0. The standard InChI is InChI=1S/C6H8O7.Ba.Sr.4H/c7-3(8)1-6(13,5(11)12)2-4(9)10;;;;;;/h13H,1-2H2,(H,7,8)(H,9,10)(H,11,12);;;;;;/q;2*+2;4*-1. The van der Waals surface area contributed by atoms with Crippen LogP contribution in [-0.2, 0) is 14.4 Å². The number of hydrogen-bond donors (Lipinski definition) is 4. The molecule has 0 saturated heterocycles. The molecule has 0 aliphatic heterocycles. The first-order valence-electron chi connectivity index (χ1n) is 3.17. The van der Waals surface area contributed by atoms with E-state index in [2.05, 4.69) is 0 Å². The molecule has 0 spiro atoms. The van der Waals surface area contributed by atoms with Crippen LogP contribution in [0.15, 0.2) is 0 Å². The van der Waals surface area contributed by atoms with Crippen LogP contribution in [0.25, 0.3) is 0 Å². The summed E-state index contributed by atoms with van der Waals surface area (Å²) in [5, 5.41) is 33.8. The normalized spacial score (nSPS) is 9.40. The van der Waals surface area contributed by atoms with Crippen LogP contribution >= 0.6 is 0 Å². The van der Waals surface area contributed by atoms with Crippen molar-refractivity contribution in [1.82, 2.24) is 0 Å². The van der Waals surface area contributed by atoms with Gasteiger partial charge in [0.1, 0.15) is 0 Å². The van der Waals surface area contributed by atoms with Crippen molar-refractivity contribution in [3.8, 4) is 0 Å². The fourth-order valence-electron chi connectivity index (χ4n) is 0.714. The van der Waals surface area contributed by atoms with Gasteiger partial charge in [-0.25, -0.2) is 4.79 Å². The maximum atomic E-state index is 10.3. The average Bonchev–Trinajstić information content (AvgIpc) is 1.82. The molecule has 9 heteroatoms. The predicted molar refractivity (Wildman–Crippen MR) is 53.0 cm³/mol. The molecule has 0 atom stereocenters. The monoisotopic (exact) mass is 422 g/mol. The summed E-state index contributed by atoms with van der Waals surface area (Å²) >= 11 is 0. The largest absolute Gasteiger partial charge is 2.00 e. The minimum absolute atomic E-state index is 0. The van der Waals surface area contributed by atoms with Crippen LogP contribution in [0.2, 0.25) is 0 Å². The van der Waals surface area contributed by atoms with Crippen molar-refractivity contribution < 1.29 is 40.5 Å². The van der Waals surface area contributed by atoms with Crippen LogP contribution in [0.4, 0.5) is 0 Å². The zero-order valence-electron chi connectivity index (χ0n) is 11.8. The van der Waals surface area contributed by atoms with Crippen LogP contribution in [0.1, 0.15) is 18.5 Å². The topological polar surface area (TPSA) is 132 Å². The Morgan fingerprint density at radius 3 is 1.40 bits per heavy atom. The van der Waals surface area contributed by atoms with Crippen LogP contribution in [0.5, 0.6) is 0 Å². The Morgan fingerprint density at radius 2 is 1.27 bits per heavy atom. The first-order chi connectivity index (χ1) is 5.78. The van der Waals surface area contributed by atoms with Crippen LogP contribution < -0.4 is 0 Å². The van der Waals surface area contributed by atoms with Crippen LogP contribution in [-0.4, -0.2) is 138 Å². The molecule has 15 heavy (non-hydrogen) atoms. The van der Waals surface area contributed by atoms with Crippen molar-refractivity contribution in [1.29, 1.82) is 0 Å². The van der Waals surface area contributed by atoms with Crippen LogP contribution in [0.3, 0.4) is 0 Å². The third-order valence-electron chi connectivity index (χ3n) is 1.29. The third kappa shape index (κ3) is 9.15. The molecule has 7 nitrogen and oxygen atoms in total. The molecule has 0 unspecified atom stereocenters. The van der Waals surface area contributed by atoms with E-state index < -0.39 is 36.4 Å². The number of carbonyl (C=O) groups is 3. The van der Waals surface area contributed by atoms with E-state index in [9.17, 15) is 14.4 Å². The van der Waals surface area contributed by atoms with Crippen molar-refractivity contribution in [2.45, 2.75) is 18.4 Å². The Morgan fingerprint density at radius 1 is 1.00 bits per heavy atom.